The van der Waals surface area contributed by atoms with Crippen LogP contribution < -0.4 is 0 Å². The van der Waals surface area contributed by atoms with Crippen molar-refractivity contribution in [3.8, 4) is 0 Å². The second-order valence-electron chi connectivity index (χ2n) is 3.43. The molecule has 0 bridgehead atoms. The smallest absolute Gasteiger partial charge is 0.344 e. The number of hydrogen-bond donors (Lipinski definition) is 4. The van der Waals surface area contributed by atoms with Crippen molar-refractivity contribution in [1.82, 2.24) is 5.06 Å². The molecule has 8 heteroatoms. The normalized spacial score (nSPS) is 15.6. The van der Waals surface area contributed by atoms with Crippen LogP contribution >= 0.6 is 7.60 Å². The standard InChI is InChI=1S/C6H14NO6P/c1-4(14(11,12)13)7(10)6(2,3)5(8)9/h4,10H,1-3H3,(H,8,9)(H2,11,12,13). The Balaban J connectivity index is 4.88. The van der Waals surface area contributed by atoms with Gasteiger partial charge in [0.1, 0.15) is 11.3 Å². The molecule has 0 aromatic carbocycles. The Morgan fingerprint density at radius 1 is 1.43 bits per heavy atom. The fourth-order valence-electron chi connectivity index (χ4n) is 0.708. The minimum absolute atomic E-state index is 0.149. The molecule has 7 nitrogen and oxygen atoms in total. The fourth-order valence-corrected chi connectivity index (χ4v) is 1.28. The molecular weight excluding hydrogens is 213 g/mol. The number of aliphatic carboxylic acids is 1. The Bertz CT molecular complexity index is 271. The van der Waals surface area contributed by atoms with Crippen molar-refractivity contribution in [2.24, 2.45) is 0 Å². The highest BCUT2D eigenvalue weighted by Gasteiger charge is 2.42. The van der Waals surface area contributed by atoms with Crippen molar-refractivity contribution >= 4 is 13.6 Å². The van der Waals surface area contributed by atoms with Crippen LogP contribution in [0, 0.1) is 0 Å². The summed E-state index contributed by atoms with van der Waals surface area (Å²) in [6.07, 6.45) is 0. The van der Waals surface area contributed by atoms with Crippen molar-refractivity contribution in [2.45, 2.75) is 32.1 Å². The van der Waals surface area contributed by atoms with E-state index in [9.17, 15) is 14.6 Å². The topological polar surface area (TPSA) is 118 Å². The van der Waals surface area contributed by atoms with Crippen LogP contribution in [0.3, 0.4) is 0 Å². The first-order valence-electron chi connectivity index (χ1n) is 3.78. The highest BCUT2D eigenvalue weighted by Crippen LogP contribution is 2.43. The minimum atomic E-state index is -4.54. The van der Waals surface area contributed by atoms with E-state index in [-0.39, 0.29) is 5.06 Å². The third-order valence-electron chi connectivity index (χ3n) is 1.94. The highest BCUT2D eigenvalue weighted by atomic mass is 31.2. The van der Waals surface area contributed by atoms with Gasteiger partial charge in [-0.25, -0.2) is 0 Å². The van der Waals surface area contributed by atoms with Gasteiger partial charge >= 0.3 is 13.6 Å². The second-order valence-corrected chi connectivity index (χ2v) is 5.36. The number of hydrogen-bond acceptors (Lipinski definition) is 4. The molecule has 14 heavy (non-hydrogen) atoms. The third-order valence-corrected chi connectivity index (χ3v) is 3.13. The molecule has 0 heterocycles. The zero-order chi connectivity index (χ0) is 11.7. The first-order valence-corrected chi connectivity index (χ1v) is 5.46. The Morgan fingerprint density at radius 3 is 2.00 bits per heavy atom. The van der Waals surface area contributed by atoms with Gasteiger partial charge in [-0.15, -0.1) is 0 Å². The van der Waals surface area contributed by atoms with E-state index >= 15 is 0 Å². The number of hydroxylamine groups is 2. The maximum atomic E-state index is 10.7. The third kappa shape index (κ3) is 2.76. The van der Waals surface area contributed by atoms with E-state index in [1.54, 1.807) is 0 Å². The van der Waals surface area contributed by atoms with Crippen molar-refractivity contribution in [3.05, 3.63) is 0 Å². The first-order chi connectivity index (χ1) is 6.01. The van der Waals surface area contributed by atoms with Gasteiger partial charge in [-0.05, 0) is 20.8 Å². The van der Waals surface area contributed by atoms with Crippen LogP contribution in [0.25, 0.3) is 0 Å². The van der Waals surface area contributed by atoms with E-state index in [4.69, 9.17) is 14.9 Å². The lowest BCUT2D eigenvalue weighted by Crippen LogP contribution is -2.52. The Kier molecular flexibility index (Phi) is 3.83. The summed E-state index contributed by atoms with van der Waals surface area (Å²) in [7, 11) is -4.54. The molecule has 0 aromatic rings. The molecule has 0 fully saturated rings. The molecule has 84 valence electrons. The van der Waals surface area contributed by atoms with Gasteiger partial charge in [-0.3, -0.25) is 9.36 Å². The zero-order valence-electron chi connectivity index (χ0n) is 8.08. The van der Waals surface area contributed by atoms with Crippen LogP contribution in [0.4, 0.5) is 0 Å². The number of rotatable bonds is 4. The lowest BCUT2D eigenvalue weighted by Gasteiger charge is -2.33. The summed E-state index contributed by atoms with van der Waals surface area (Å²) >= 11 is 0. The summed E-state index contributed by atoms with van der Waals surface area (Å²) in [6.45, 7) is 3.33. The Morgan fingerprint density at radius 2 is 1.79 bits per heavy atom. The Labute approximate surface area is 81.1 Å². The predicted molar refractivity (Wildman–Crippen MR) is 46.8 cm³/mol. The van der Waals surface area contributed by atoms with Gasteiger partial charge in [0, 0.05) is 0 Å². The van der Waals surface area contributed by atoms with E-state index in [1.165, 1.54) is 0 Å². The Hall–Kier alpha value is -0.460. The fraction of sp³-hybridized carbons (Fsp3) is 0.833. The van der Waals surface area contributed by atoms with Crippen molar-refractivity contribution in [2.75, 3.05) is 0 Å². The van der Waals surface area contributed by atoms with Crippen LogP contribution in [0.2, 0.25) is 0 Å². The molecule has 0 amide bonds. The van der Waals surface area contributed by atoms with Crippen molar-refractivity contribution in [1.29, 1.82) is 0 Å². The van der Waals surface area contributed by atoms with Crippen LogP contribution in [0.15, 0.2) is 0 Å². The molecule has 0 aliphatic rings. The monoisotopic (exact) mass is 227 g/mol. The lowest BCUT2D eigenvalue weighted by atomic mass is 10.1. The van der Waals surface area contributed by atoms with Crippen molar-refractivity contribution < 1.29 is 29.5 Å². The van der Waals surface area contributed by atoms with Crippen LogP contribution in [0.5, 0.6) is 0 Å². The van der Waals surface area contributed by atoms with E-state index in [2.05, 4.69) is 0 Å². The molecule has 0 aliphatic heterocycles. The number of carboxylic acid groups (broad SMARTS) is 1. The first kappa shape index (κ1) is 13.5. The summed E-state index contributed by atoms with van der Waals surface area (Å²) in [5.74, 6) is -2.94. The SMILES string of the molecule is CC(N(O)C(C)(C)C(=O)O)P(=O)(O)O. The average Bonchev–Trinajstić information content (AvgIpc) is 1.99. The average molecular weight is 227 g/mol. The molecule has 1 unspecified atom stereocenters. The molecule has 0 saturated heterocycles. The van der Waals surface area contributed by atoms with E-state index in [0.29, 0.717) is 0 Å². The van der Waals surface area contributed by atoms with Gasteiger partial charge in [-0.2, -0.15) is 5.06 Å². The summed E-state index contributed by atoms with van der Waals surface area (Å²) < 4.78 is 10.7. The zero-order valence-corrected chi connectivity index (χ0v) is 8.97. The molecule has 0 aliphatic carbocycles. The van der Waals surface area contributed by atoms with Gasteiger partial charge in [-0.1, -0.05) is 0 Å². The van der Waals surface area contributed by atoms with Gasteiger partial charge < -0.3 is 20.1 Å². The molecular formula is C6H14NO6P. The number of carboxylic acids is 1. The van der Waals surface area contributed by atoms with E-state index in [0.717, 1.165) is 20.8 Å². The van der Waals surface area contributed by atoms with Gasteiger partial charge in [0.05, 0.1) is 0 Å². The summed E-state index contributed by atoms with van der Waals surface area (Å²) in [5.41, 5.74) is -1.75. The van der Waals surface area contributed by atoms with Crippen molar-refractivity contribution in [3.63, 3.8) is 0 Å². The molecule has 0 spiro atoms. The van der Waals surface area contributed by atoms with Crippen LogP contribution in [-0.4, -0.2) is 42.5 Å². The highest BCUT2D eigenvalue weighted by molar-refractivity contribution is 7.52. The minimum Gasteiger partial charge on any atom is -0.480 e. The molecule has 4 N–H and O–H groups in total. The predicted octanol–water partition coefficient (Wildman–Crippen LogP) is 0.0645. The van der Waals surface area contributed by atoms with Gasteiger partial charge in [0.25, 0.3) is 0 Å². The summed E-state index contributed by atoms with van der Waals surface area (Å²) in [4.78, 5) is 28.1. The molecule has 0 saturated carbocycles. The summed E-state index contributed by atoms with van der Waals surface area (Å²) in [5, 5.41) is 18.1. The molecule has 0 aromatic heterocycles. The van der Waals surface area contributed by atoms with Crippen LogP contribution in [0.1, 0.15) is 20.8 Å². The molecule has 0 rings (SSSR count). The summed E-state index contributed by atoms with van der Waals surface area (Å²) in [6, 6.07) is 0. The molecule has 0 radical (unpaired) electrons. The van der Waals surface area contributed by atoms with Crippen LogP contribution in [-0.2, 0) is 9.36 Å². The van der Waals surface area contributed by atoms with E-state index < -0.39 is 24.9 Å². The largest absolute Gasteiger partial charge is 0.480 e. The maximum Gasteiger partial charge on any atom is 0.344 e. The number of carbonyl (C=O) groups is 1. The van der Waals surface area contributed by atoms with E-state index in [1.807, 2.05) is 0 Å². The second kappa shape index (κ2) is 3.96. The lowest BCUT2D eigenvalue weighted by molar-refractivity contribution is -0.195. The van der Waals surface area contributed by atoms with Gasteiger partial charge in [0.15, 0.2) is 0 Å². The number of nitrogens with zero attached hydrogens (tertiary/aromatic N) is 1. The quantitative estimate of drug-likeness (QED) is 0.396. The van der Waals surface area contributed by atoms with Gasteiger partial charge in [0.2, 0.25) is 0 Å². The maximum absolute atomic E-state index is 10.7. The molecule has 1 atom stereocenters.